The number of fused-ring (bicyclic) bond motifs is 2. The van der Waals surface area contributed by atoms with Gasteiger partial charge in [0.2, 0.25) is 0 Å². The average molecular weight is 488 g/mol. The second kappa shape index (κ2) is 11.2. The van der Waals surface area contributed by atoms with Crippen molar-refractivity contribution in [3.05, 3.63) is 71.8 Å². The summed E-state index contributed by atoms with van der Waals surface area (Å²) in [5, 5.41) is 5.93. The van der Waals surface area contributed by atoms with Crippen LogP contribution in [-0.2, 0) is 16.1 Å². The van der Waals surface area contributed by atoms with E-state index < -0.39 is 5.60 Å². The summed E-state index contributed by atoms with van der Waals surface area (Å²) >= 11 is 0. The van der Waals surface area contributed by atoms with E-state index in [9.17, 15) is 0 Å². The highest BCUT2D eigenvalue weighted by Crippen LogP contribution is 2.45. The molecule has 0 aromatic heterocycles. The lowest BCUT2D eigenvalue weighted by Crippen LogP contribution is -2.51. The van der Waals surface area contributed by atoms with E-state index in [4.69, 9.17) is 14.2 Å². The molecule has 1 fully saturated rings. The largest absolute Gasteiger partial charge is 0.485 e. The van der Waals surface area contributed by atoms with Gasteiger partial charge in [-0.25, -0.2) is 0 Å². The molecule has 1 saturated carbocycles. The third kappa shape index (κ3) is 5.71. The second-order valence-corrected chi connectivity index (χ2v) is 11.0. The molecule has 2 unspecified atom stereocenters. The molecular weight excluding hydrogens is 446 g/mol. The Morgan fingerprint density at radius 3 is 2.53 bits per heavy atom. The predicted octanol–water partition coefficient (Wildman–Crippen LogP) is 8.06. The highest BCUT2D eigenvalue weighted by molar-refractivity contribution is 5.82. The number of benzene rings is 3. The van der Waals surface area contributed by atoms with Crippen LogP contribution in [0.15, 0.2) is 60.7 Å². The predicted molar refractivity (Wildman–Crippen MR) is 148 cm³/mol. The van der Waals surface area contributed by atoms with Gasteiger partial charge in [-0.2, -0.15) is 0 Å². The molecule has 2 atom stereocenters. The zero-order valence-corrected chi connectivity index (χ0v) is 22.1. The Morgan fingerprint density at radius 2 is 1.72 bits per heavy atom. The molecule has 4 nitrogen and oxygen atoms in total. The van der Waals surface area contributed by atoms with Crippen molar-refractivity contribution >= 4 is 16.5 Å². The molecule has 1 heterocycles. The van der Waals surface area contributed by atoms with Crippen LogP contribution in [-0.4, -0.2) is 24.9 Å². The highest BCUT2D eigenvalue weighted by atomic mass is 16.6. The molecule has 192 valence electrons. The fraction of sp³-hybridized carbons (Fsp3) is 0.500. The zero-order valence-electron chi connectivity index (χ0n) is 22.1. The van der Waals surface area contributed by atoms with Gasteiger partial charge in [-0.1, -0.05) is 68.5 Å². The van der Waals surface area contributed by atoms with Crippen LogP contribution in [0.1, 0.15) is 76.5 Å². The minimum Gasteiger partial charge on any atom is -0.485 e. The molecule has 3 aromatic carbocycles. The highest BCUT2D eigenvalue weighted by Gasteiger charge is 2.45. The van der Waals surface area contributed by atoms with E-state index in [-0.39, 0.29) is 12.2 Å². The topological polar surface area (TPSA) is 39.7 Å². The van der Waals surface area contributed by atoms with E-state index in [0.29, 0.717) is 6.61 Å². The number of anilines is 1. The van der Waals surface area contributed by atoms with Crippen molar-refractivity contribution in [2.45, 2.75) is 83.7 Å². The van der Waals surface area contributed by atoms with E-state index >= 15 is 0 Å². The zero-order chi connectivity index (χ0) is 25.0. The van der Waals surface area contributed by atoms with Crippen LogP contribution >= 0.6 is 0 Å². The molecule has 4 heteroatoms. The van der Waals surface area contributed by atoms with Gasteiger partial charge >= 0.3 is 0 Å². The van der Waals surface area contributed by atoms with Gasteiger partial charge in [0.1, 0.15) is 23.6 Å². The van der Waals surface area contributed by atoms with Gasteiger partial charge in [-0.3, -0.25) is 0 Å². The molecule has 0 radical (unpaired) electrons. The van der Waals surface area contributed by atoms with Crippen molar-refractivity contribution in [2.75, 3.05) is 18.5 Å². The number of hydrogen-bond acceptors (Lipinski definition) is 4. The Balaban J connectivity index is 1.38. The molecule has 0 saturated heterocycles. The Morgan fingerprint density at radius 1 is 0.917 bits per heavy atom. The van der Waals surface area contributed by atoms with Gasteiger partial charge in [0.15, 0.2) is 0 Å². The smallest absolute Gasteiger partial charge is 0.132 e. The summed E-state index contributed by atoms with van der Waals surface area (Å²) in [5.74, 6) is 1.69. The van der Waals surface area contributed by atoms with E-state index in [1.165, 1.54) is 42.9 Å². The summed E-state index contributed by atoms with van der Waals surface area (Å²) < 4.78 is 19.9. The number of hydrogen-bond donors (Lipinski definition) is 1. The van der Waals surface area contributed by atoms with Gasteiger partial charge < -0.3 is 19.5 Å². The van der Waals surface area contributed by atoms with Crippen molar-refractivity contribution in [3.8, 4) is 5.75 Å². The normalized spacial score (nSPS) is 21.6. The molecule has 0 bridgehead atoms. The van der Waals surface area contributed by atoms with Crippen LogP contribution in [0.25, 0.3) is 10.8 Å². The number of ether oxygens (including phenoxy) is 3. The van der Waals surface area contributed by atoms with E-state index in [0.717, 1.165) is 48.1 Å². The third-order valence-corrected chi connectivity index (χ3v) is 7.82. The van der Waals surface area contributed by atoms with Gasteiger partial charge in [0.05, 0.1) is 6.61 Å². The average Bonchev–Trinajstić information content (AvgIpc) is 2.89. The first-order valence-electron chi connectivity index (χ1n) is 13.8. The lowest BCUT2D eigenvalue weighted by atomic mass is 9.86. The van der Waals surface area contributed by atoms with E-state index in [1.54, 1.807) is 0 Å². The summed E-state index contributed by atoms with van der Waals surface area (Å²) in [6.45, 7) is 8.51. The maximum atomic E-state index is 6.72. The van der Waals surface area contributed by atoms with Crippen LogP contribution < -0.4 is 10.1 Å². The molecule has 2 aliphatic rings. The standard InChI is InChI=1S/C32H41NO3/c1-4-33-27-16-17-29-28(21-27)30(34-19-18-23-10-6-5-7-11-23)31(32(2,3)36-29)35-22-24-14-15-25-12-8-9-13-26(25)20-24/h8-9,12-17,20-21,23,30-31,33H,4-7,10-11,18-19,22H2,1-3H3. The van der Waals surface area contributed by atoms with Crippen molar-refractivity contribution in [1.29, 1.82) is 0 Å². The van der Waals surface area contributed by atoms with Gasteiger partial charge in [-0.15, -0.1) is 0 Å². The molecule has 3 aromatic rings. The SMILES string of the molecule is CCNc1ccc2c(c1)C(OCCC1CCCCC1)C(OCc1ccc3ccccc3c1)C(C)(C)O2. The lowest BCUT2D eigenvalue weighted by Gasteiger charge is -2.44. The van der Waals surface area contributed by atoms with Crippen molar-refractivity contribution in [2.24, 2.45) is 5.92 Å². The second-order valence-electron chi connectivity index (χ2n) is 11.0. The van der Waals surface area contributed by atoms with Crippen molar-refractivity contribution < 1.29 is 14.2 Å². The molecule has 0 spiro atoms. The van der Waals surface area contributed by atoms with Crippen LogP contribution in [0.4, 0.5) is 5.69 Å². The summed E-state index contributed by atoms with van der Waals surface area (Å²) in [6, 6.07) is 21.4. The van der Waals surface area contributed by atoms with Crippen LogP contribution in [0.5, 0.6) is 5.75 Å². The maximum Gasteiger partial charge on any atom is 0.132 e. The molecular formula is C32H41NO3. The van der Waals surface area contributed by atoms with Gasteiger partial charge in [0.25, 0.3) is 0 Å². The number of rotatable bonds is 9. The molecule has 1 aliphatic heterocycles. The van der Waals surface area contributed by atoms with Crippen LogP contribution in [0.2, 0.25) is 0 Å². The summed E-state index contributed by atoms with van der Waals surface area (Å²) in [6.07, 6.45) is 7.51. The summed E-state index contributed by atoms with van der Waals surface area (Å²) in [7, 11) is 0. The van der Waals surface area contributed by atoms with Crippen LogP contribution in [0, 0.1) is 5.92 Å². The summed E-state index contributed by atoms with van der Waals surface area (Å²) in [5.41, 5.74) is 2.82. The fourth-order valence-electron chi connectivity index (χ4n) is 5.86. The first-order chi connectivity index (χ1) is 17.5. The minimum atomic E-state index is -0.515. The fourth-order valence-corrected chi connectivity index (χ4v) is 5.86. The first-order valence-corrected chi connectivity index (χ1v) is 13.8. The van der Waals surface area contributed by atoms with Gasteiger partial charge in [0, 0.05) is 24.4 Å². The van der Waals surface area contributed by atoms with Crippen molar-refractivity contribution in [1.82, 2.24) is 0 Å². The van der Waals surface area contributed by atoms with Gasteiger partial charge in [-0.05, 0) is 73.7 Å². The quantitative estimate of drug-likeness (QED) is 0.331. The van der Waals surface area contributed by atoms with Crippen molar-refractivity contribution in [3.63, 3.8) is 0 Å². The molecule has 0 amide bonds. The monoisotopic (exact) mass is 487 g/mol. The third-order valence-electron chi connectivity index (χ3n) is 7.82. The Hall–Kier alpha value is -2.56. The van der Waals surface area contributed by atoms with E-state index in [2.05, 4.69) is 86.8 Å². The lowest BCUT2D eigenvalue weighted by molar-refractivity contribution is -0.168. The Kier molecular flexibility index (Phi) is 7.83. The minimum absolute atomic E-state index is 0.175. The maximum absolute atomic E-state index is 6.72. The Labute approximate surface area is 216 Å². The molecule has 1 aliphatic carbocycles. The first kappa shape index (κ1) is 25.1. The molecule has 36 heavy (non-hydrogen) atoms. The van der Waals surface area contributed by atoms with Crippen LogP contribution in [0.3, 0.4) is 0 Å². The molecule has 1 N–H and O–H groups in total. The number of nitrogens with one attached hydrogen (secondary N) is 1. The Bertz CT molecular complexity index is 1150. The molecule has 5 rings (SSSR count). The summed E-state index contributed by atoms with van der Waals surface area (Å²) in [4.78, 5) is 0. The van der Waals surface area contributed by atoms with E-state index in [1.807, 2.05) is 0 Å².